The first-order valence-corrected chi connectivity index (χ1v) is 10.9. The van der Waals surface area contributed by atoms with E-state index in [0.717, 1.165) is 22.4 Å². The maximum Gasteiger partial charge on any atom is 0.255 e. The number of hydrogen-bond donors (Lipinski definition) is 3. The van der Waals surface area contributed by atoms with E-state index in [9.17, 15) is 9.18 Å². The summed E-state index contributed by atoms with van der Waals surface area (Å²) in [6.45, 7) is 1.08. The van der Waals surface area contributed by atoms with E-state index in [-0.39, 0.29) is 18.3 Å². The predicted molar refractivity (Wildman–Crippen MR) is 129 cm³/mol. The Morgan fingerprint density at radius 3 is 2.62 bits per heavy atom. The number of carbonyl (C=O) groups excluding carboxylic acids is 1. The van der Waals surface area contributed by atoms with Crippen molar-refractivity contribution in [2.75, 3.05) is 11.9 Å². The number of halogens is 1. The number of nitrogens with zero attached hydrogens (tertiary/aromatic N) is 3. The average Bonchev–Trinajstić information content (AvgIpc) is 2.88. The van der Waals surface area contributed by atoms with Crippen LogP contribution >= 0.6 is 0 Å². The second-order valence-electron chi connectivity index (χ2n) is 7.68. The van der Waals surface area contributed by atoms with Crippen LogP contribution in [0.4, 0.5) is 10.2 Å². The van der Waals surface area contributed by atoms with Crippen molar-refractivity contribution in [3.8, 4) is 11.1 Å². The fourth-order valence-electron chi connectivity index (χ4n) is 3.50. The van der Waals surface area contributed by atoms with Gasteiger partial charge >= 0.3 is 0 Å². The Morgan fingerprint density at radius 2 is 1.82 bits per heavy atom. The Balaban J connectivity index is 1.53. The molecule has 3 heterocycles. The summed E-state index contributed by atoms with van der Waals surface area (Å²) < 4.78 is 13.5. The molecule has 1 aromatic carbocycles. The van der Waals surface area contributed by atoms with E-state index in [1.165, 1.54) is 12.1 Å². The maximum atomic E-state index is 13.5. The lowest BCUT2D eigenvalue weighted by molar-refractivity contribution is 0.0951. The van der Waals surface area contributed by atoms with Crippen molar-refractivity contribution in [2.24, 2.45) is 5.73 Å². The molecule has 4 rings (SSSR count). The average molecular weight is 457 g/mol. The molecule has 0 bridgehead atoms. The zero-order valence-corrected chi connectivity index (χ0v) is 18.5. The molecule has 0 spiro atoms. The van der Waals surface area contributed by atoms with E-state index in [0.29, 0.717) is 36.6 Å². The van der Waals surface area contributed by atoms with Crippen molar-refractivity contribution >= 4 is 11.7 Å². The van der Waals surface area contributed by atoms with Crippen molar-refractivity contribution in [1.29, 1.82) is 0 Å². The van der Waals surface area contributed by atoms with Crippen molar-refractivity contribution < 1.29 is 9.18 Å². The summed E-state index contributed by atoms with van der Waals surface area (Å²) in [6, 6.07) is 17.5. The number of aromatic nitrogens is 3. The summed E-state index contributed by atoms with van der Waals surface area (Å²) in [5, 5.41) is 6.13. The number of amides is 1. The Hall–Kier alpha value is -4.17. The maximum absolute atomic E-state index is 13.5. The molecule has 0 saturated heterocycles. The Labute approximate surface area is 197 Å². The molecule has 172 valence electrons. The van der Waals surface area contributed by atoms with Gasteiger partial charge in [-0.1, -0.05) is 24.3 Å². The number of carbonyl (C=O) groups is 1. The first-order chi connectivity index (χ1) is 16.6. The lowest BCUT2D eigenvalue weighted by Gasteiger charge is -2.13. The highest BCUT2D eigenvalue weighted by atomic mass is 19.1. The van der Waals surface area contributed by atoms with Crippen molar-refractivity contribution in [2.45, 2.75) is 19.5 Å². The zero-order valence-electron chi connectivity index (χ0n) is 18.5. The molecule has 0 saturated carbocycles. The van der Waals surface area contributed by atoms with Crippen LogP contribution in [0.15, 0.2) is 79.3 Å². The van der Waals surface area contributed by atoms with Gasteiger partial charge in [-0.3, -0.25) is 14.8 Å². The SMILES string of the molecule is NCc1cccc(CNC(=O)c2cc(-c3cccnc3)cnc2NCCc2cccc(F)c2)n1. The van der Waals surface area contributed by atoms with Crippen molar-refractivity contribution in [1.82, 2.24) is 20.3 Å². The predicted octanol–water partition coefficient (Wildman–Crippen LogP) is 3.72. The number of pyridine rings is 3. The van der Waals surface area contributed by atoms with Crippen LogP contribution in [-0.2, 0) is 19.5 Å². The Morgan fingerprint density at radius 1 is 0.971 bits per heavy atom. The van der Waals surface area contributed by atoms with Crippen LogP contribution in [-0.4, -0.2) is 27.4 Å². The molecule has 0 aliphatic carbocycles. The lowest BCUT2D eigenvalue weighted by atomic mass is 10.1. The molecular formula is C26H25FN6O. The molecule has 0 unspecified atom stereocenters. The lowest BCUT2D eigenvalue weighted by Crippen LogP contribution is -2.25. The quantitative estimate of drug-likeness (QED) is 0.355. The third-order valence-corrected chi connectivity index (χ3v) is 5.23. The van der Waals surface area contributed by atoms with Crippen molar-refractivity contribution in [3.05, 3.63) is 108 Å². The largest absolute Gasteiger partial charge is 0.369 e. The van der Waals surface area contributed by atoms with Gasteiger partial charge in [0.05, 0.1) is 23.5 Å². The van der Waals surface area contributed by atoms with Crippen LogP contribution in [0, 0.1) is 5.82 Å². The normalized spacial score (nSPS) is 10.6. The zero-order chi connectivity index (χ0) is 23.8. The molecule has 34 heavy (non-hydrogen) atoms. The molecule has 0 radical (unpaired) electrons. The van der Waals surface area contributed by atoms with Gasteiger partial charge in [0.25, 0.3) is 5.91 Å². The minimum atomic E-state index is -0.286. The number of hydrogen-bond acceptors (Lipinski definition) is 6. The summed E-state index contributed by atoms with van der Waals surface area (Å²) in [5.41, 5.74) is 10.0. The first kappa shape index (κ1) is 23.0. The van der Waals surface area contributed by atoms with Crippen LogP contribution in [0.1, 0.15) is 27.3 Å². The van der Waals surface area contributed by atoms with E-state index in [1.54, 1.807) is 30.7 Å². The van der Waals surface area contributed by atoms with Crippen LogP contribution in [0.5, 0.6) is 0 Å². The third kappa shape index (κ3) is 5.99. The summed E-state index contributed by atoms with van der Waals surface area (Å²) in [5.74, 6) is -0.111. The van der Waals surface area contributed by atoms with Gasteiger partial charge in [-0.25, -0.2) is 9.37 Å². The standard InChI is InChI=1S/C26H25FN6O/c27-21-6-1-4-18(12-21)9-11-30-25-24(13-20(16-31-25)19-5-3-10-29-15-19)26(34)32-17-23-8-2-7-22(14-28)33-23/h1-8,10,12-13,15-16H,9,11,14,17,28H2,(H,30,31)(H,32,34). The topological polar surface area (TPSA) is 106 Å². The molecule has 8 heteroatoms. The Kier molecular flexibility index (Phi) is 7.52. The molecule has 0 aliphatic rings. The van der Waals surface area contributed by atoms with Gasteiger partial charge in [0.1, 0.15) is 11.6 Å². The highest BCUT2D eigenvalue weighted by Crippen LogP contribution is 2.23. The minimum absolute atomic E-state index is 0.256. The van der Waals surface area contributed by atoms with E-state index in [2.05, 4.69) is 25.6 Å². The second-order valence-corrected chi connectivity index (χ2v) is 7.68. The van der Waals surface area contributed by atoms with Crippen LogP contribution < -0.4 is 16.4 Å². The fraction of sp³-hybridized carbons (Fsp3) is 0.154. The van der Waals surface area contributed by atoms with Crippen LogP contribution in [0.2, 0.25) is 0 Å². The number of rotatable bonds is 9. The van der Waals surface area contributed by atoms with Crippen LogP contribution in [0.3, 0.4) is 0 Å². The summed E-state index contributed by atoms with van der Waals surface area (Å²) >= 11 is 0. The first-order valence-electron chi connectivity index (χ1n) is 10.9. The number of nitrogens with two attached hydrogens (primary N) is 1. The molecule has 0 fully saturated rings. The van der Waals surface area contributed by atoms with Crippen LogP contribution in [0.25, 0.3) is 11.1 Å². The van der Waals surface area contributed by atoms with Gasteiger partial charge in [0.2, 0.25) is 0 Å². The van der Waals surface area contributed by atoms with Gasteiger partial charge in [-0.15, -0.1) is 0 Å². The molecule has 4 aromatic rings. The molecule has 0 aliphatic heterocycles. The monoisotopic (exact) mass is 456 g/mol. The van der Waals surface area contributed by atoms with Gasteiger partial charge in [0.15, 0.2) is 0 Å². The van der Waals surface area contributed by atoms with E-state index < -0.39 is 0 Å². The van der Waals surface area contributed by atoms with Gasteiger partial charge in [-0.2, -0.15) is 0 Å². The van der Waals surface area contributed by atoms with Gasteiger partial charge in [-0.05, 0) is 48.4 Å². The van der Waals surface area contributed by atoms with E-state index in [4.69, 9.17) is 5.73 Å². The molecule has 7 nitrogen and oxygen atoms in total. The van der Waals surface area contributed by atoms with E-state index in [1.807, 2.05) is 36.4 Å². The number of anilines is 1. The number of nitrogens with one attached hydrogen (secondary N) is 2. The minimum Gasteiger partial charge on any atom is -0.369 e. The highest BCUT2D eigenvalue weighted by molar-refractivity contribution is 5.99. The summed E-state index contributed by atoms with van der Waals surface area (Å²) in [7, 11) is 0. The fourth-order valence-corrected chi connectivity index (χ4v) is 3.50. The second kappa shape index (κ2) is 11.1. The molecule has 3 aromatic heterocycles. The summed E-state index contributed by atoms with van der Waals surface area (Å²) in [6.07, 6.45) is 5.69. The molecule has 4 N–H and O–H groups in total. The third-order valence-electron chi connectivity index (χ3n) is 5.23. The molecular weight excluding hydrogens is 431 g/mol. The smallest absolute Gasteiger partial charge is 0.255 e. The van der Waals surface area contributed by atoms with E-state index >= 15 is 0 Å². The molecule has 1 amide bonds. The summed E-state index contributed by atoms with van der Waals surface area (Å²) in [4.78, 5) is 26.2. The van der Waals surface area contributed by atoms with Gasteiger partial charge < -0.3 is 16.4 Å². The highest BCUT2D eigenvalue weighted by Gasteiger charge is 2.15. The van der Waals surface area contributed by atoms with Gasteiger partial charge in [0, 0.05) is 42.8 Å². The molecule has 0 atom stereocenters. The number of benzene rings is 1. The Bertz CT molecular complexity index is 1270. The van der Waals surface area contributed by atoms with Crippen molar-refractivity contribution in [3.63, 3.8) is 0 Å².